The Morgan fingerprint density at radius 2 is 2.39 bits per heavy atom. The average molecular weight is 249 g/mol. The molecule has 2 unspecified atom stereocenters. The highest BCUT2D eigenvalue weighted by Crippen LogP contribution is 2.35. The van der Waals surface area contributed by atoms with Crippen LogP contribution in [0.25, 0.3) is 0 Å². The number of hydrogen-bond acceptors (Lipinski definition) is 3. The van der Waals surface area contributed by atoms with Gasteiger partial charge < -0.3 is 10.1 Å². The fourth-order valence-electron chi connectivity index (χ4n) is 2.80. The molecular weight excluding hydrogens is 226 g/mol. The lowest BCUT2D eigenvalue weighted by atomic mass is 10.1. The van der Waals surface area contributed by atoms with E-state index in [0.717, 1.165) is 24.8 Å². The molecule has 1 saturated carbocycles. The highest BCUT2D eigenvalue weighted by atomic mass is 16.5. The lowest BCUT2D eigenvalue weighted by Crippen LogP contribution is -2.20. The van der Waals surface area contributed by atoms with E-state index in [1.165, 1.54) is 32.1 Å². The Morgan fingerprint density at radius 3 is 3.06 bits per heavy atom. The lowest BCUT2D eigenvalue weighted by molar-refractivity contribution is 0.0940. The Balaban J connectivity index is 1.54. The van der Waals surface area contributed by atoms with Crippen molar-refractivity contribution in [1.29, 1.82) is 0 Å². The Bertz CT molecular complexity index is 380. The van der Waals surface area contributed by atoms with Crippen LogP contribution >= 0.6 is 0 Å². The second-order valence-corrected chi connectivity index (χ2v) is 5.58. The summed E-state index contributed by atoms with van der Waals surface area (Å²) in [5.41, 5.74) is 1.16. The molecule has 100 valence electrons. The molecule has 2 heterocycles. The second-order valence-electron chi connectivity index (χ2n) is 5.58. The Morgan fingerprint density at radius 1 is 1.50 bits per heavy atom. The quantitative estimate of drug-likeness (QED) is 0.842. The van der Waals surface area contributed by atoms with Gasteiger partial charge >= 0.3 is 0 Å². The van der Waals surface area contributed by atoms with Gasteiger partial charge in [0.2, 0.25) is 0 Å². The summed E-state index contributed by atoms with van der Waals surface area (Å²) in [4.78, 5) is 0. The molecule has 0 radical (unpaired) electrons. The fourth-order valence-corrected chi connectivity index (χ4v) is 2.80. The fraction of sp³-hybridized carbons (Fsp3) is 0.786. The first kappa shape index (κ1) is 12.0. The van der Waals surface area contributed by atoms with E-state index in [9.17, 15) is 0 Å². The molecule has 0 spiro atoms. The number of anilines is 1. The maximum Gasteiger partial charge on any atom is 0.0771 e. The molecule has 0 bridgehead atoms. The first-order chi connectivity index (χ1) is 8.85. The van der Waals surface area contributed by atoms with E-state index >= 15 is 0 Å². The van der Waals surface area contributed by atoms with Gasteiger partial charge in [-0.15, -0.1) is 0 Å². The van der Waals surface area contributed by atoms with Gasteiger partial charge in [0, 0.05) is 18.8 Å². The number of ether oxygens (including phenoxy) is 1. The summed E-state index contributed by atoms with van der Waals surface area (Å²) >= 11 is 0. The molecule has 0 aromatic carbocycles. The summed E-state index contributed by atoms with van der Waals surface area (Å²) in [6.07, 6.45) is 10.8. The predicted octanol–water partition coefficient (Wildman–Crippen LogP) is 2.66. The molecule has 0 amide bonds. The summed E-state index contributed by atoms with van der Waals surface area (Å²) < 4.78 is 7.65. The van der Waals surface area contributed by atoms with Crippen molar-refractivity contribution in [3.8, 4) is 0 Å². The molecule has 2 aliphatic rings. The van der Waals surface area contributed by atoms with E-state index in [-0.39, 0.29) is 0 Å². The second kappa shape index (κ2) is 5.31. The molecule has 2 atom stereocenters. The van der Waals surface area contributed by atoms with Gasteiger partial charge in [-0.2, -0.15) is 5.10 Å². The van der Waals surface area contributed by atoms with E-state index < -0.39 is 0 Å². The molecule has 4 nitrogen and oxygen atoms in total. The largest absolute Gasteiger partial charge is 0.380 e. The number of aromatic nitrogens is 2. The summed E-state index contributed by atoms with van der Waals surface area (Å²) in [6, 6.07) is 0.630. The molecule has 2 fully saturated rings. The van der Waals surface area contributed by atoms with Gasteiger partial charge in [0.15, 0.2) is 0 Å². The standard InChI is InChI=1S/C14H23N3O/c1-2-14(11-5-6-11)16-12-8-15-17(9-12)10-13-4-3-7-18-13/h8-9,11,13-14,16H,2-7,10H2,1H3. The third kappa shape index (κ3) is 2.86. The zero-order valence-corrected chi connectivity index (χ0v) is 11.1. The van der Waals surface area contributed by atoms with Crippen LogP contribution in [0.1, 0.15) is 39.0 Å². The van der Waals surface area contributed by atoms with Crippen molar-refractivity contribution in [1.82, 2.24) is 9.78 Å². The molecule has 1 aliphatic heterocycles. The van der Waals surface area contributed by atoms with Gasteiger partial charge in [-0.05, 0) is 38.0 Å². The molecule has 1 saturated heterocycles. The topological polar surface area (TPSA) is 39.1 Å². The van der Waals surface area contributed by atoms with Crippen LogP contribution in [-0.2, 0) is 11.3 Å². The zero-order chi connectivity index (χ0) is 12.4. The Kier molecular flexibility index (Phi) is 3.55. The van der Waals surface area contributed by atoms with Crippen molar-refractivity contribution in [2.45, 2.75) is 57.7 Å². The van der Waals surface area contributed by atoms with E-state index in [1.54, 1.807) is 0 Å². The molecule has 3 rings (SSSR count). The van der Waals surface area contributed by atoms with Crippen LogP contribution in [0, 0.1) is 5.92 Å². The molecule has 18 heavy (non-hydrogen) atoms. The molecule has 4 heteroatoms. The van der Waals surface area contributed by atoms with Crippen LogP contribution < -0.4 is 5.32 Å². The van der Waals surface area contributed by atoms with Crippen LogP contribution in [0.3, 0.4) is 0 Å². The molecule has 1 aromatic heterocycles. The van der Waals surface area contributed by atoms with Crippen LogP contribution in [0.5, 0.6) is 0 Å². The Hall–Kier alpha value is -1.03. The summed E-state index contributed by atoms with van der Waals surface area (Å²) in [7, 11) is 0. The maximum absolute atomic E-state index is 5.64. The smallest absolute Gasteiger partial charge is 0.0771 e. The first-order valence-corrected chi connectivity index (χ1v) is 7.25. The summed E-state index contributed by atoms with van der Waals surface area (Å²) in [6.45, 7) is 4.06. The number of hydrogen-bond donors (Lipinski definition) is 1. The molecule has 1 N–H and O–H groups in total. The van der Waals surface area contributed by atoms with Crippen molar-refractivity contribution >= 4 is 5.69 Å². The highest BCUT2D eigenvalue weighted by Gasteiger charge is 2.30. The van der Waals surface area contributed by atoms with Crippen molar-refractivity contribution < 1.29 is 4.74 Å². The molecule has 1 aromatic rings. The van der Waals surface area contributed by atoms with E-state index in [0.29, 0.717) is 12.1 Å². The number of rotatable bonds is 6. The van der Waals surface area contributed by atoms with E-state index in [1.807, 2.05) is 10.9 Å². The third-order valence-corrected chi connectivity index (χ3v) is 4.03. The van der Waals surface area contributed by atoms with Crippen molar-refractivity contribution in [3.63, 3.8) is 0 Å². The minimum absolute atomic E-state index is 0.364. The van der Waals surface area contributed by atoms with Crippen LogP contribution in [0.4, 0.5) is 5.69 Å². The van der Waals surface area contributed by atoms with Crippen molar-refractivity contribution in [2.24, 2.45) is 5.92 Å². The minimum atomic E-state index is 0.364. The highest BCUT2D eigenvalue weighted by molar-refractivity contribution is 5.39. The van der Waals surface area contributed by atoms with Crippen LogP contribution in [0.15, 0.2) is 12.4 Å². The van der Waals surface area contributed by atoms with Gasteiger partial charge in [-0.25, -0.2) is 0 Å². The number of nitrogens with zero attached hydrogens (tertiary/aromatic N) is 2. The third-order valence-electron chi connectivity index (χ3n) is 4.03. The monoisotopic (exact) mass is 249 g/mol. The van der Waals surface area contributed by atoms with Gasteiger partial charge in [0.05, 0.1) is 24.5 Å². The van der Waals surface area contributed by atoms with E-state index in [4.69, 9.17) is 4.74 Å². The van der Waals surface area contributed by atoms with Crippen LogP contribution in [-0.4, -0.2) is 28.5 Å². The van der Waals surface area contributed by atoms with Gasteiger partial charge in [-0.3, -0.25) is 4.68 Å². The van der Waals surface area contributed by atoms with Gasteiger partial charge in [-0.1, -0.05) is 6.92 Å². The summed E-state index contributed by atoms with van der Waals surface area (Å²) in [5, 5.41) is 8.03. The zero-order valence-electron chi connectivity index (χ0n) is 11.1. The Labute approximate surface area is 109 Å². The normalized spacial score (nSPS) is 25.3. The van der Waals surface area contributed by atoms with Gasteiger partial charge in [0.25, 0.3) is 0 Å². The first-order valence-electron chi connectivity index (χ1n) is 7.25. The van der Waals surface area contributed by atoms with Gasteiger partial charge in [0.1, 0.15) is 0 Å². The minimum Gasteiger partial charge on any atom is -0.380 e. The predicted molar refractivity (Wildman–Crippen MR) is 71.6 cm³/mol. The molecular formula is C14H23N3O. The maximum atomic E-state index is 5.64. The average Bonchev–Trinajstić information content (AvgIpc) is 2.92. The summed E-state index contributed by atoms with van der Waals surface area (Å²) in [5.74, 6) is 0.886. The van der Waals surface area contributed by atoms with Crippen LogP contribution in [0.2, 0.25) is 0 Å². The SMILES string of the molecule is CCC(Nc1cnn(CC2CCCO2)c1)C1CC1. The van der Waals surface area contributed by atoms with Crippen molar-refractivity contribution in [2.75, 3.05) is 11.9 Å². The lowest BCUT2D eigenvalue weighted by Gasteiger charge is -2.15. The number of nitrogens with one attached hydrogen (secondary N) is 1. The molecule has 1 aliphatic carbocycles. The van der Waals surface area contributed by atoms with Crippen molar-refractivity contribution in [3.05, 3.63) is 12.4 Å². The van der Waals surface area contributed by atoms with E-state index in [2.05, 4.69) is 23.5 Å².